The SMILES string of the molecule is C.C.CC(C)NCC(=O)C(C)C.CC(C)NCCONCCOC(C)C. The zero-order valence-corrected chi connectivity index (χ0v) is 17.1. The van der Waals surface area contributed by atoms with Crippen LogP contribution in [0.2, 0.25) is 0 Å². The second-order valence-electron chi connectivity index (χ2n) is 6.93. The van der Waals surface area contributed by atoms with Gasteiger partial charge in [-0.1, -0.05) is 56.4 Å². The summed E-state index contributed by atoms with van der Waals surface area (Å²) in [5.41, 5.74) is 2.85. The number of carbonyl (C=O) groups is 1. The van der Waals surface area contributed by atoms with Gasteiger partial charge in [0.1, 0.15) is 5.78 Å². The molecule has 0 aromatic rings. The van der Waals surface area contributed by atoms with Crippen LogP contribution in [0, 0.1) is 5.92 Å². The fourth-order valence-electron chi connectivity index (χ4n) is 1.39. The third-order valence-electron chi connectivity index (χ3n) is 2.84. The van der Waals surface area contributed by atoms with E-state index in [-0.39, 0.29) is 26.6 Å². The summed E-state index contributed by atoms with van der Waals surface area (Å²) in [6.07, 6.45) is 0.291. The Labute approximate surface area is 164 Å². The fraction of sp³-hybridized carbons (Fsp3) is 0.950. The highest BCUT2D eigenvalue weighted by Crippen LogP contribution is 1.92. The molecule has 0 unspecified atom stereocenters. The average Bonchev–Trinajstić information content (AvgIpc) is 2.47. The van der Waals surface area contributed by atoms with E-state index in [1.54, 1.807) is 0 Å². The first-order chi connectivity index (χ1) is 11.2. The second-order valence-corrected chi connectivity index (χ2v) is 6.93. The van der Waals surface area contributed by atoms with Gasteiger partial charge in [0, 0.05) is 31.1 Å². The molecule has 0 atom stereocenters. The molecule has 0 radical (unpaired) electrons. The molecule has 0 saturated carbocycles. The van der Waals surface area contributed by atoms with Gasteiger partial charge in [-0.05, 0) is 13.8 Å². The van der Waals surface area contributed by atoms with Crippen molar-refractivity contribution in [2.24, 2.45) is 5.92 Å². The molecule has 0 fully saturated rings. The third kappa shape index (κ3) is 31.3. The highest BCUT2D eigenvalue weighted by molar-refractivity contribution is 5.82. The summed E-state index contributed by atoms with van der Waals surface area (Å²) in [4.78, 5) is 16.2. The van der Waals surface area contributed by atoms with Crippen LogP contribution >= 0.6 is 0 Å². The minimum absolute atomic E-state index is 0. The van der Waals surface area contributed by atoms with E-state index < -0.39 is 0 Å². The van der Waals surface area contributed by atoms with Gasteiger partial charge < -0.3 is 20.2 Å². The minimum Gasteiger partial charge on any atom is -0.377 e. The van der Waals surface area contributed by atoms with E-state index in [9.17, 15) is 4.79 Å². The Morgan fingerprint density at radius 2 is 1.35 bits per heavy atom. The predicted octanol–water partition coefficient (Wildman–Crippen LogP) is 3.41. The van der Waals surface area contributed by atoms with Crippen LogP contribution in [0.3, 0.4) is 0 Å². The molecular formula is C20H49N3O3. The summed E-state index contributed by atoms with van der Waals surface area (Å²) in [5, 5.41) is 6.34. The molecule has 0 heterocycles. The number of ketones is 1. The topological polar surface area (TPSA) is 71.6 Å². The van der Waals surface area contributed by atoms with Crippen molar-refractivity contribution in [1.82, 2.24) is 16.1 Å². The summed E-state index contributed by atoms with van der Waals surface area (Å²) in [6, 6.07) is 0.922. The first-order valence-corrected chi connectivity index (χ1v) is 9.12. The maximum atomic E-state index is 11.0. The van der Waals surface area contributed by atoms with Gasteiger partial charge in [-0.15, -0.1) is 0 Å². The van der Waals surface area contributed by atoms with Gasteiger partial charge in [-0.3, -0.25) is 4.79 Å². The molecule has 0 amide bonds. The number of nitrogens with one attached hydrogen (secondary N) is 3. The molecule has 6 nitrogen and oxygen atoms in total. The lowest BCUT2D eigenvalue weighted by molar-refractivity contribution is -0.121. The molecule has 0 bridgehead atoms. The summed E-state index contributed by atoms with van der Waals surface area (Å²) < 4.78 is 5.33. The molecule has 0 aromatic carbocycles. The molecular weight excluding hydrogens is 330 g/mol. The maximum Gasteiger partial charge on any atom is 0.149 e. The molecule has 0 aromatic heterocycles. The molecule has 0 aliphatic rings. The Kier molecular flexibility index (Phi) is 28.6. The van der Waals surface area contributed by atoms with E-state index in [0.717, 1.165) is 13.1 Å². The van der Waals surface area contributed by atoms with Crippen LogP contribution in [-0.2, 0) is 14.4 Å². The van der Waals surface area contributed by atoms with Gasteiger partial charge in [0.15, 0.2) is 0 Å². The number of carbonyl (C=O) groups excluding carboxylic acids is 1. The first-order valence-electron chi connectivity index (χ1n) is 9.12. The highest BCUT2D eigenvalue weighted by atomic mass is 16.6. The van der Waals surface area contributed by atoms with Crippen LogP contribution in [0.4, 0.5) is 0 Å². The van der Waals surface area contributed by atoms with E-state index in [2.05, 4.69) is 30.0 Å². The molecule has 3 N–H and O–H groups in total. The summed E-state index contributed by atoms with van der Waals surface area (Å²) in [6.45, 7) is 19.7. The minimum atomic E-state index is 0. The molecule has 0 rings (SSSR count). The number of Topliss-reactive ketones (excluding diaryl/α,β-unsaturated/α-hetero) is 1. The molecule has 26 heavy (non-hydrogen) atoms. The lowest BCUT2D eigenvalue weighted by Crippen LogP contribution is -2.31. The standard InChI is InChI=1S/C10H24N2O2.C8H17NO.2CH4/c1-9(2)11-5-8-14-12-6-7-13-10(3)4;1-6(2)8(10)5-9-7(3)4;;/h9-12H,5-8H2,1-4H3;6-7,9H,5H2,1-4H3;2*1H4. The largest absolute Gasteiger partial charge is 0.377 e. The van der Waals surface area contributed by atoms with Gasteiger partial charge in [0.2, 0.25) is 0 Å². The molecule has 162 valence electrons. The van der Waals surface area contributed by atoms with Crippen LogP contribution in [0.15, 0.2) is 0 Å². The van der Waals surface area contributed by atoms with Crippen LogP contribution in [0.5, 0.6) is 0 Å². The average molecular weight is 380 g/mol. The van der Waals surface area contributed by atoms with Gasteiger partial charge in [-0.2, -0.15) is 0 Å². The van der Waals surface area contributed by atoms with E-state index >= 15 is 0 Å². The van der Waals surface area contributed by atoms with Gasteiger partial charge >= 0.3 is 0 Å². The van der Waals surface area contributed by atoms with Crippen molar-refractivity contribution in [3.63, 3.8) is 0 Å². The Hall–Kier alpha value is -0.530. The Bertz CT molecular complexity index is 269. The molecule has 0 aliphatic carbocycles. The van der Waals surface area contributed by atoms with Crippen molar-refractivity contribution in [2.45, 2.75) is 88.4 Å². The zero-order valence-electron chi connectivity index (χ0n) is 17.1. The number of hydrogen-bond acceptors (Lipinski definition) is 6. The summed E-state index contributed by atoms with van der Waals surface area (Å²) >= 11 is 0. The smallest absolute Gasteiger partial charge is 0.149 e. The van der Waals surface area contributed by atoms with Crippen LogP contribution in [-0.4, -0.2) is 56.8 Å². The molecule has 0 spiro atoms. The predicted molar refractivity (Wildman–Crippen MR) is 115 cm³/mol. The van der Waals surface area contributed by atoms with E-state index in [0.29, 0.717) is 37.9 Å². The lowest BCUT2D eigenvalue weighted by atomic mass is 10.1. The lowest BCUT2D eigenvalue weighted by Gasteiger charge is -2.10. The fourth-order valence-corrected chi connectivity index (χ4v) is 1.39. The van der Waals surface area contributed by atoms with Gasteiger partial charge in [-0.25, -0.2) is 5.48 Å². The van der Waals surface area contributed by atoms with Crippen molar-refractivity contribution in [1.29, 1.82) is 0 Å². The molecule has 0 aliphatic heterocycles. The summed E-state index contributed by atoms with van der Waals surface area (Å²) in [7, 11) is 0. The summed E-state index contributed by atoms with van der Waals surface area (Å²) in [5.74, 6) is 0.444. The first kappa shape index (κ1) is 33.1. The van der Waals surface area contributed by atoms with Crippen LogP contribution in [0.1, 0.15) is 70.2 Å². The second kappa shape index (κ2) is 22.5. The Morgan fingerprint density at radius 3 is 1.77 bits per heavy atom. The third-order valence-corrected chi connectivity index (χ3v) is 2.84. The number of rotatable bonds is 13. The molecule has 6 heteroatoms. The normalized spacial score (nSPS) is 10.5. The van der Waals surface area contributed by atoms with Crippen molar-refractivity contribution in [2.75, 3.05) is 32.8 Å². The number of hydroxylamine groups is 1. The Morgan fingerprint density at radius 1 is 0.808 bits per heavy atom. The number of ether oxygens (including phenoxy) is 1. The van der Waals surface area contributed by atoms with Gasteiger partial charge in [0.05, 0.1) is 25.9 Å². The Balaban J connectivity index is -0.000000181. The van der Waals surface area contributed by atoms with Crippen LogP contribution in [0.25, 0.3) is 0 Å². The van der Waals surface area contributed by atoms with Gasteiger partial charge in [0.25, 0.3) is 0 Å². The number of hydrogen-bond donors (Lipinski definition) is 3. The van der Waals surface area contributed by atoms with Crippen molar-refractivity contribution in [3.8, 4) is 0 Å². The van der Waals surface area contributed by atoms with Crippen LogP contribution < -0.4 is 16.1 Å². The van der Waals surface area contributed by atoms with Crippen molar-refractivity contribution in [3.05, 3.63) is 0 Å². The highest BCUT2D eigenvalue weighted by Gasteiger charge is 2.06. The zero-order chi connectivity index (χ0) is 19.0. The van der Waals surface area contributed by atoms with Crippen molar-refractivity contribution >= 4 is 5.78 Å². The van der Waals surface area contributed by atoms with E-state index in [1.807, 2.05) is 41.5 Å². The molecule has 0 saturated heterocycles. The maximum absolute atomic E-state index is 11.0. The monoisotopic (exact) mass is 379 g/mol. The van der Waals surface area contributed by atoms with Crippen molar-refractivity contribution < 1.29 is 14.4 Å². The quantitative estimate of drug-likeness (QED) is 0.336. The van der Waals surface area contributed by atoms with E-state index in [4.69, 9.17) is 9.57 Å². The van der Waals surface area contributed by atoms with E-state index in [1.165, 1.54) is 0 Å².